The van der Waals surface area contributed by atoms with Gasteiger partial charge in [0.2, 0.25) is 0 Å². The number of aryl methyl sites for hydroxylation is 1. The standard InChI is InChI=1S/C17H19ClN2O3/c1-11-5-4-6-15(12(11)2)23-10-19-17(21)20-13-7-8-16(22-3)14(18)9-13/h4-9H,10H2,1-3H3,(H2,19,20,21). The van der Waals surface area contributed by atoms with Gasteiger partial charge >= 0.3 is 6.03 Å². The second-order valence-corrected chi connectivity index (χ2v) is 5.37. The number of halogens is 1. The molecule has 5 nitrogen and oxygen atoms in total. The summed E-state index contributed by atoms with van der Waals surface area (Å²) in [5, 5.41) is 5.73. The summed E-state index contributed by atoms with van der Waals surface area (Å²) in [5.41, 5.74) is 2.76. The largest absolute Gasteiger partial charge is 0.495 e. The van der Waals surface area contributed by atoms with E-state index in [1.165, 1.54) is 7.11 Å². The molecule has 23 heavy (non-hydrogen) atoms. The number of urea groups is 1. The molecule has 0 aliphatic rings. The molecule has 0 atom stereocenters. The van der Waals surface area contributed by atoms with Gasteiger partial charge in [-0.1, -0.05) is 23.7 Å². The maximum absolute atomic E-state index is 11.8. The first-order valence-corrected chi connectivity index (χ1v) is 7.46. The number of methoxy groups -OCH3 is 1. The second-order valence-electron chi connectivity index (χ2n) is 4.97. The van der Waals surface area contributed by atoms with E-state index in [1.807, 2.05) is 32.0 Å². The van der Waals surface area contributed by atoms with E-state index < -0.39 is 0 Å². The molecule has 0 heterocycles. The Hall–Kier alpha value is -2.40. The predicted molar refractivity (Wildman–Crippen MR) is 91.6 cm³/mol. The minimum absolute atomic E-state index is 0.0695. The lowest BCUT2D eigenvalue weighted by Crippen LogP contribution is -2.32. The van der Waals surface area contributed by atoms with Crippen LogP contribution in [0.15, 0.2) is 36.4 Å². The molecule has 2 aromatic carbocycles. The molecular weight excluding hydrogens is 316 g/mol. The van der Waals surface area contributed by atoms with E-state index in [1.54, 1.807) is 18.2 Å². The number of benzene rings is 2. The SMILES string of the molecule is COc1ccc(NC(=O)NCOc2cccc(C)c2C)cc1Cl. The normalized spacial score (nSPS) is 10.1. The van der Waals surface area contributed by atoms with Gasteiger partial charge in [-0.2, -0.15) is 0 Å². The van der Waals surface area contributed by atoms with Crippen LogP contribution in [0.5, 0.6) is 11.5 Å². The van der Waals surface area contributed by atoms with E-state index in [2.05, 4.69) is 10.6 Å². The molecule has 6 heteroatoms. The van der Waals surface area contributed by atoms with Crippen LogP contribution >= 0.6 is 11.6 Å². The van der Waals surface area contributed by atoms with Crippen LogP contribution in [0.2, 0.25) is 5.02 Å². The van der Waals surface area contributed by atoms with Crippen LogP contribution in [0.1, 0.15) is 11.1 Å². The number of ether oxygens (including phenoxy) is 2. The summed E-state index contributed by atoms with van der Waals surface area (Å²) in [7, 11) is 1.53. The second kappa shape index (κ2) is 7.74. The highest BCUT2D eigenvalue weighted by molar-refractivity contribution is 6.32. The van der Waals surface area contributed by atoms with E-state index in [-0.39, 0.29) is 12.8 Å². The van der Waals surface area contributed by atoms with Gasteiger partial charge in [-0.25, -0.2) is 4.79 Å². The molecule has 0 aliphatic heterocycles. The van der Waals surface area contributed by atoms with E-state index in [4.69, 9.17) is 21.1 Å². The molecule has 0 radical (unpaired) electrons. The van der Waals surface area contributed by atoms with E-state index in [0.29, 0.717) is 16.5 Å². The molecule has 0 unspecified atom stereocenters. The Balaban J connectivity index is 1.86. The van der Waals surface area contributed by atoms with E-state index in [0.717, 1.165) is 16.9 Å². The third kappa shape index (κ3) is 4.53. The number of hydrogen-bond acceptors (Lipinski definition) is 3. The third-order valence-electron chi connectivity index (χ3n) is 3.42. The molecule has 0 aliphatic carbocycles. The molecule has 122 valence electrons. The van der Waals surface area contributed by atoms with Crippen molar-refractivity contribution in [3.8, 4) is 11.5 Å². The van der Waals surface area contributed by atoms with Crippen molar-refractivity contribution in [2.24, 2.45) is 0 Å². The zero-order valence-corrected chi connectivity index (χ0v) is 14.0. The van der Waals surface area contributed by atoms with Gasteiger partial charge in [-0.05, 0) is 49.2 Å². The van der Waals surface area contributed by atoms with Crippen LogP contribution in [0, 0.1) is 13.8 Å². The summed E-state index contributed by atoms with van der Waals surface area (Å²) in [6.45, 7) is 4.06. The number of carbonyl (C=O) groups excluding carboxylic acids is 1. The smallest absolute Gasteiger partial charge is 0.321 e. The Kier molecular flexibility index (Phi) is 5.71. The molecule has 0 fully saturated rings. The Morgan fingerprint density at radius 2 is 1.96 bits per heavy atom. The van der Waals surface area contributed by atoms with Crippen molar-refractivity contribution in [3.05, 3.63) is 52.5 Å². The lowest BCUT2D eigenvalue weighted by molar-refractivity contribution is 0.234. The molecule has 0 saturated heterocycles. The quantitative estimate of drug-likeness (QED) is 0.808. The Bertz CT molecular complexity index is 704. The third-order valence-corrected chi connectivity index (χ3v) is 3.72. The maximum atomic E-state index is 11.8. The number of amides is 2. The minimum atomic E-state index is -0.378. The molecular formula is C17H19ClN2O3. The summed E-state index contributed by atoms with van der Waals surface area (Å²) in [4.78, 5) is 11.8. The van der Waals surface area contributed by atoms with E-state index in [9.17, 15) is 4.79 Å². The summed E-state index contributed by atoms with van der Waals surface area (Å²) >= 11 is 6.01. The van der Waals surface area contributed by atoms with Crippen molar-refractivity contribution in [1.29, 1.82) is 0 Å². The average Bonchev–Trinajstić information content (AvgIpc) is 2.51. The molecule has 0 saturated carbocycles. The number of rotatable bonds is 5. The molecule has 2 rings (SSSR count). The van der Waals surface area contributed by atoms with Crippen LogP contribution in [0.4, 0.5) is 10.5 Å². The summed E-state index contributed by atoms with van der Waals surface area (Å²) < 4.78 is 10.6. The Labute approximate surface area is 140 Å². The van der Waals surface area contributed by atoms with Crippen molar-refractivity contribution in [2.75, 3.05) is 19.2 Å². The first-order chi connectivity index (χ1) is 11.0. The van der Waals surface area contributed by atoms with Gasteiger partial charge in [0, 0.05) is 5.69 Å². The van der Waals surface area contributed by atoms with Gasteiger partial charge in [0.1, 0.15) is 11.5 Å². The fourth-order valence-electron chi connectivity index (χ4n) is 1.98. The van der Waals surface area contributed by atoms with Gasteiger partial charge in [-0.3, -0.25) is 0 Å². The van der Waals surface area contributed by atoms with E-state index >= 15 is 0 Å². The first-order valence-electron chi connectivity index (χ1n) is 7.08. The number of nitrogens with one attached hydrogen (secondary N) is 2. The van der Waals surface area contributed by atoms with Crippen LogP contribution in [0.25, 0.3) is 0 Å². The molecule has 2 amide bonds. The van der Waals surface area contributed by atoms with Crippen LogP contribution in [-0.4, -0.2) is 19.9 Å². The zero-order valence-electron chi connectivity index (χ0n) is 13.3. The fraction of sp³-hybridized carbons (Fsp3) is 0.235. The zero-order chi connectivity index (χ0) is 16.8. The maximum Gasteiger partial charge on any atom is 0.321 e. The van der Waals surface area contributed by atoms with Crippen LogP contribution in [0.3, 0.4) is 0 Å². The topological polar surface area (TPSA) is 59.6 Å². The van der Waals surface area contributed by atoms with Gasteiger partial charge in [0.05, 0.1) is 12.1 Å². The van der Waals surface area contributed by atoms with Crippen molar-refractivity contribution >= 4 is 23.3 Å². The van der Waals surface area contributed by atoms with Crippen molar-refractivity contribution < 1.29 is 14.3 Å². The van der Waals surface area contributed by atoms with Gasteiger partial charge in [-0.15, -0.1) is 0 Å². The number of carbonyl (C=O) groups is 1. The first kappa shape index (κ1) is 17.0. The fourth-order valence-corrected chi connectivity index (χ4v) is 2.24. The molecule has 0 aromatic heterocycles. The highest BCUT2D eigenvalue weighted by atomic mass is 35.5. The predicted octanol–water partition coefficient (Wildman–Crippen LogP) is 4.12. The average molecular weight is 335 g/mol. The molecule has 0 spiro atoms. The monoisotopic (exact) mass is 334 g/mol. The van der Waals surface area contributed by atoms with Gasteiger partial charge in [0.15, 0.2) is 6.73 Å². The minimum Gasteiger partial charge on any atom is -0.495 e. The summed E-state index contributed by atoms with van der Waals surface area (Å²) in [6, 6.07) is 10.4. The van der Waals surface area contributed by atoms with Crippen molar-refractivity contribution in [2.45, 2.75) is 13.8 Å². The molecule has 2 aromatic rings. The van der Waals surface area contributed by atoms with Gasteiger partial charge < -0.3 is 20.1 Å². The lowest BCUT2D eigenvalue weighted by Gasteiger charge is -2.12. The highest BCUT2D eigenvalue weighted by Gasteiger charge is 2.06. The molecule has 0 bridgehead atoms. The van der Waals surface area contributed by atoms with Crippen LogP contribution in [-0.2, 0) is 0 Å². The number of hydrogen-bond donors (Lipinski definition) is 2. The Morgan fingerprint density at radius 1 is 1.17 bits per heavy atom. The summed E-state index contributed by atoms with van der Waals surface area (Å²) in [5.74, 6) is 1.30. The molecule has 2 N–H and O–H groups in total. The van der Waals surface area contributed by atoms with Crippen molar-refractivity contribution in [3.63, 3.8) is 0 Å². The van der Waals surface area contributed by atoms with Crippen molar-refractivity contribution in [1.82, 2.24) is 5.32 Å². The Morgan fingerprint density at radius 3 is 2.65 bits per heavy atom. The lowest BCUT2D eigenvalue weighted by atomic mass is 10.1. The van der Waals surface area contributed by atoms with Crippen LogP contribution < -0.4 is 20.1 Å². The summed E-state index contributed by atoms with van der Waals surface area (Å²) in [6.07, 6.45) is 0. The van der Waals surface area contributed by atoms with Gasteiger partial charge in [0.25, 0.3) is 0 Å². The number of anilines is 1. The highest BCUT2D eigenvalue weighted by Crippen LogP contribution is 2.27.